The molecule has 0 aliphatic carbocycles. The average molecular weight is 237 g/mol. The van der Waals surface area contributed by atoms with Gasteiger partial charge in [-0.25, -0.2) is 4.39 Å². The van der Waals surface area contributed by atoms with Crippen molar-refractivity contribution < 1.29 is 13.9 Å². The van der Waals surface area contributed by atoms with Crippen LogP contribution in [0.25, 0.3) is 0 Å². The van der Waals surface area contributed by atoms with E-state index in [4.69, 9.17) is 9.47 Å². The third-order valence-electron chi connectivity index (χ3n) is 3.45. The van der Waals surface area contributed by atoms with Crippen molar-refractivity contribution in [2.75, 3.05) is 13.3 Å². The van der Waals surface area contributed by atoms with E-state index in [9.17, 15) is 4.39 Å². The minimum absolute atomic E-state index is 0.193. The molecule has 1 N–H and O–H groups in total. The lowest BCUT2D eigenvalue weighted by molar-refractivity contribution is 0.173. The Labute approximate surface area is 99.9 Å². The molecule has 0 saturated carbocycles. The standard InChI is InChI=1S/C13H16FNO2/c14-11-4-5-12-13(17-8-16-12)10(11)7-9-3-1-2-6-15-9/h4-5,9,15H,1-3,6-8H2. The fourth-order valence-electron chi connectivity index (χ4n) is 2.54. The predicted octanol–water partition coefficient (Wildman–Crippen LogP) is 2.24. The van der Waals surface area contributed by atoms with Crippen molar-refractivity contribution in [1.29, 1.82) is 0 Å². The molecule has 4 heteroatoms. The van der Waals surface area contributed by atoms with Crippen LogP contribution >= 0.6 is 0 Å². The van der Waals surface area contributed by atoms with Crippen molar-refractivity contribution in [3.8, 4) is 11.5 Å². The molecule has 3 rings (SSSR count). The molecule has 92 valence electrons. The summed E-state index contributed by atoms with van der Waals surface area (Å²) >= 11 is 0. The lowest BCUT2D eigenvalue weighted by Crippen LogP contribution is -2.35. The molecular formula is C13H16FNO2. The normalized spacial score (nSPS) is 22.8. The first-order chi connectivity index (χ1) is 8.34. The van der Waals surface area contributed by atoms with Crippen LogP contribution in [-0.2, 0) is 6.42 Å². The Bertz CT molecular complexity index is 416. The van der Waals surface area contributed by atoms with Gasteiger partial charge in [0.25, 0.3) is 0 Å². The fraction of sp³-hybridized carbons (Fsp3) is 0.538. The molecule has 1 fully saturated rings. The summed E-state index contributed by atoms with van der Waals surface area (Å²) in [4.78, 5) is 0. The van der Waals surface area contributed by atoms with Crippen LogP contribution in [0.1, 0.15) is 24.8 Å². The van der Waals surface area contributed by atoms with E-state index in [1.807, 2.05) is 0 Å². The second-order valence-corrected chi connectivity index (χ2v) is 4.61. The van der Waals surface area contributed by atoms with Gasteiger partial charge in [-0.2, -0.15) is 0 Å². The van der Waals surface area contributed by atoms with E-state index < -0.39 is 0 Å². The Morgan fingerprint density at radius 1 is 1.29 bits per heavy atom. The van der Waals surface area contributed by atoms with Gasteiger partial charge in [0.2, 0.25) is 6.79 Å². The third kappa shape index (κ3) is 2.09. The minimum atomic E-state index is -0.193. The van der Waals surface area contributed by atoms with Crippen molar-refractivity contribution in [3.63, 3.8) is 0 Å². The number of hydrogen-bond donors (Lipinski definition) is 1. The Morgan fingerprint density at radius 2 is 2.24 bits per heavy atom. The number of hydrogen-bond acceptors (Lipinski definition) is 3. The van der Waals surface area contributed by atoms with E-state index in [0.717, 1.165) is 13.0 Å². The molecule has 0 amide bonds. The molecule has 1 aromatic rings. The maximum atomic E-state index is 13.8. The topological polar surface area (TPSA) is 30.5 Å². The largest absolute Gasteiger partial charge is 0.454 e. The zero-order valence-corrected chi connectivity index (χ0v) is 9.67. The highest BCUT2D eigenvalue weighted by atomic mass is 19.1. The smallest absolute Gasteiger partial charge is 0.231 e. The van der Waals surface area contributed by atoms with E-state index >= 15 is 0 Å². The van der Waals surface area contributed by atoms with Crippen LogP contribution in [0, 0.1) is 5.82 Å². The quantitative estimate of drug-likeness (QED) is 0.855. The first-order valence-electron chi connectivity index (χ1n) is 6.15. The Hall–Kier alpha value is -1.29. The second-order valence-electron chi connectivity index (χ2n) is 4.61. The van der Waals surface area contributed by atoms with E-state index in [1.165, 1.54) is 18.9 Å². The highest BCUT2D eigenvalue weighted by molar-refractivity contribution is 5.49. The summed E-state index contributed by atoms with van der Waals surface area (Å²) in [6, 6.07) is 3.45. The van der Waals surface area contributed by atoms with Crippen molar-refractivity contribution >= 4 is 0 Å². The van der Waals surface area contributed by atoms with Crippen molar-refractivity contribution in [2.24, 2.45) is 0 Å². The number of piperidine rings is 1. The van der Waals surface area contributed by atoms with Crippen molar-refractivity contribution in [1.82, 2.24) is 5.32 Å². The molecule has 0 spiro atoms. The van der Waals surface area contributed by atoms with Gasteiger partial charge in [-0.15, -0.1) is 0 Å². The van der Waals surface area contributed by atoms with Crippen LogP contribution in [0.15, 0.2) is 12.1 Å². The van der Waals surface area contributed by atoms with Gasteiger partial charge in [-0.3, -0.25) is 0 Å². The van der Waals surface area contributed by atoms with Gasteiger partial charge >= 0.3 is 0 Å². The number of ether oxygens (including phenoxy) is 2. The van der Waals surface area contributed by atoms with E-state index in [2.05, 4.69) is 5.32 Å². The molecule has 2 heterocycles. The van der Waals surface area contributed by atoms with Crippen LogP contribution < -0.4 is 14.8 Å². The highest BCUT2D eigenvalue weighted by Crippen LogP contribution is 2.37. The summed E-state index contributed by atoms with van der Waals surface area (Å²) < 4.78 is 24.5. The summed E-state index contributed by atoms with van der Waals surface area (Å²) in [5.41, 5.74) is 0.652. The van der Waals surface area contributed by atoms with Crippen LogP contribution in [-0.4, -0.2) is 19.4 Å². The molecular weight excluding hydrogens is 221 g/mol. The SMILES string of the molecule is Fc1ccc2c(c1CC1CCCCN1)OCO2. The number of rotatable bonds is 2. The first kappa shape index (κ1) is 10.8. The molecule has 0 aromatic heterocycles. The van der Waals surface area contributed by atoms with Gasteiger partial charge in [0.1, 0.15) is 5.82 Å². The van der Waals surface area contributed by atoms with Gasteiger partial charge in [-0.05, 0) is 37.9 Å². The minimum Gasteiger partial charge on any atom is -0.454 e. The summed E-state index contributed by atoms with van der Waals surface area (Å²) in [7, 11) is 0. The van der Waals surface area contributed by atoms with Crippen LogP contribution in [0.3, 0.4) is 0 Å². The maximum absolute atomic E-state index is 13.8. The monoisotopic (exact) mass is 237 g/mol. The van der Waals surface area contributed by atoms with Crippen LogP contribution in [0.5, 0.6) is 11.5 Å². The fourth-order valence-corrected chi connectivity index (χ4v) is 2.54. The molecule has 3 nitrogen and oxygen atoms in total. The molecule has 2 aliphatic rings. The Balaban J connectivity index is 1.84. The molecule has 1 atom stereocenters. The van der Waals surface area contributed by atoms with Crippen molar-refractivity contribution in [3.05, 3.63) is 23.5 Å². The van der Waals surface area contributed by atoms with Gasteiger partial charge in [0.15, 0.2) is 11.5 Å². The van der Waals surface area contributed by atoms with Crippen LogP contribution in [0.4, 0.5) is 4.39 Å². The first-order valence-corrected chi connectivity index (χ1v) is 6.15. The molecule has 1 unspecified atom stereocenters. The average Bonchev–Trinajstić information content (AvgIpc) is 2.83. The van der Waals surface area contributed by atoms with Crippen LogP contribution in [0.2, 0.25) is 0 Å². The second kappa shape index (κ2) is 4.53. The molecule has 2 aliphatic heterocycles. The summed E-state index contributed by atoms with van der Waals surface area (Å²) in [6.45, 7) is 1.22. The van der Waals surface area contributed by atoms with E-state index in [-0.39, 0.29) is 12.6 Å². The lowest BCUT2D eigenvalue weighted by atomic mass is 9.97. The van der Waals surface area contributed by atoms with E-state index in [0.29, 0.717) is 29.5 Å². The van der Waals surface area contributed by atoms with Gasteiger partial charge in [0, 0.05) is 11.6 Å². The number of fused-ring (bicyclic) bond motifs is 1. The predicted molar refractivity (Wildman–Crippen MR) is 61.9 cm³/mol. The molecule has 1 aromatic carbocycles. The lowest BCUT2D eigenvalue weighted by Gasteiger charge is -2.24. The third-order valence-corrected chi connectivity index (χ3v) is 3.45. The summed E-state index contributed by atoms with van der Waals surface area (Å²) in [5.74, 6) is 1.07. The number of nitrogens with one attached hydrogen (secondary N) is 1. The Morgan fingerprint density at radius 3 is 3.06 bits per heavy atom. The van der Waals surface area contributed by atoms with Crippen molar-refractivity contribution in [2.45, 2.75) is 31.7 Å². The zero-order valence-electron chi connectivity index (χ0n) is 9.67. The highest BCUT2D eigenvalue weighted by Gasteiger charge is 2.24. The molecule has 1 saturated heterocycles. The van der Waals surface area contributed by atoms with Gasteiger partial charge in [-0.1, -0.05) is 6.42 Å². The molecule has 0 radical (unpaired) electrons. The number of benzene rings is 1. The van der Waals surface area contributed by atoms with E-state index in [1.54, 1.807) is 6.07 Å². The van der Waals surface area contributed by atoms with Gasteiger partial charge in [0.05, 0.1) is 0 Å². The Kier molecular flexibility index (Phi) is 2.89. The summed E-state index contributed by atoms with van der Waals surface area (Å²) in [6.07, 6.45) is 4.21. The molecule has 17 heavy (non-hydrogen) atoms. The zero-order chi connectivity index (χ0) is 11.7. The molecule has 0 bridgehead atoms. The summed E-state index contributed by atoms with van der Waals surface area (Å²) in [5, 5.41) is 3.42. The number of halogens is 1. The van der Waals surface area contributed by atoms with Gasteiger partial charge < -0.3 is 14.8 Å². The maximum Gasteiger partial charge on any atom is 0.231 e.